The molecule has 1 saturated carbocycles. The molecular formula is C19H26N4O3. The molecule has 1 heterocycles. The van der Waals surface area contributed by atoms with Crippen molar-refractivity contribution in [2.45, 2.75) is 50.7 Å². The molecule has 26 heavy (non-hydrogen) atoms. The molecule has 1 aromatic carbocycles. The third kappa shape index (κ3) is 4.82. The summed E-state index contributed by atoms with van der Waals surface area (Å²) in [6.07, 6.45) is 4.50. The monoisotopic (exact) mass is 358 g/mol. The number of aromatic nitrogens is 2. The molecule has 0 bridgehead atoms. The third-order valence-corrected chi connectivity index (χ3v) is 4.85. The molecule has 1 aromatic heterocycles. The van der Waals surface area contributed by atoms with Crippen LogP contribution in [-0.4, -0.2) is 39.8 Å². The van der Waals surface area contributed by atoms with Crippen molar-refractivity contribution in [1.29, 1.82) is 0 Å². The van der Waals surface area contributed by atoms with Crippen LogP contribution in [0.5, 0.6) is 0 Å². The van der Waals surface area contributed by atoms with E-state index in [1.807, 2.05) is 30.3 Å². The molecule has 1 aliphatic rings. The second kappa shape index (κ2) is 8.80. The number of benzene rings is 1. The van der Waals surface area contributed by atoms with E-state index in [2.05, 4.69) is 15.5 Å². The van der Waals surface area contributed by atoms with Gasteiger partial charge >= 0.3 is 6.03 Å². The molecule has 3 rings (SSSR count). The van der Waals surface area contributed by atoms with Crippen LogP contribution >= 0.6 is 0 Å². The molecule has 2 aromatic rings. The summed E-state index contributed by atoms with van der Waals surface area (Å²) in [6.45, 7) is 0.683. The molecule has 0 aliphatic heterocycles. The van der Waals surface area contributed by atoms with Gasteiger partial charge in [-0.15, -0.1) is 0 Å². The van der Waals surface area contributed by atoms with Crippen molar-refractivity contribution in [2.75, 3.05) is 13.6 Å². The van der Waals surface area contributed by atoms with Crippen molar-refractivity contribution in [3.8, 4) is 0 Å². The number of hydrogen-bond donors (Lipinski definition) is 2. The Balaban J connectivity index is 1.41. The standard InChI is InChI=1S/C19H26N4O3/c1-23(12-11-16(24)14-7-3-2-4-8-14)19(25)20-13-17-21-18(26-22-17)15-9-5-6-10-15/h2-4,7-8,15-16,24H,5-6,9-13H2,1H3,(H,20,25)/t16-/m1/s1. The van der Waals surface area contributed by atoms with E-state index in [1.165, 1.54) is 12.8 Å². The van der Waals surface area contributed by atoms with Gasteiger partial charge in [0.05, 0.1) is 12.6 Å². The molecule has 0 saturated heterocycles. The number of nitrogens with one attached hydrogen (secondary N) is 1. The summed E-state index contributed by atoms with van der Waals surface area (Å²) < 4.78 is 5.31. The minimum Gasteiger partial charge on any atom is -0.388 e. The van der Waals surface area contributed by atoms with E-state index >= 15 is 0 Å². The van der Waals surface area contributed by atoms with Crippen LogP contribution in [0.1, 0.15) is 61.4 Å². The molecule has 2 N–H and O–H groups in total. The Morgan fingerprint density at radius 3 is 2.81 bits per heavy atom. The predicted molar refractivity (Wildman–Crippen MR) is 96.4 cm³/mol. The summed E-state index contributed by atoms with van der Waals surface area (Å²) >= 11 is 0. The minimum atomic E-state index is -0.586. The van der Waals surface area contributed by atoms with Crippen molar-refractivity contribution in [3.63, 3.8) is 0 Å². The van der Waals surface area contributed by atoms with Crippen LogP contribution in [0, 0.1) is 0 Å². The SMILES string of the molecule is CN(CC[C@@H](O)c1ccccc1)C(=O)NCc1noc(C2CCCC2)n1. The molecule has 0 unspecified atom stereocenters. The van der Waals surface area contributed by atoms with Gasteiger partial charge in [-0.05, 0) is 24.8 Å². The van der Waals surface area contributed by atoms with Crippen LogP contribution in [0.4, 0.5) is 4.79 Å². The van der Waals surface area contributed by atoms with Gasteiger partial charge in [0.2, 0.25) is 5.89 Å². The van der Waals surface area contributed by atoms with Crippen molar-refractivity contribution in [3.05, 3.63) is 47.6 Å². The Morgan fingerprint density at radius 1 is 1.35 bits per heavy atom. The average Bonchev–Trinajstić information content (AvgIpc) is 3.36. The Hall–Kier alpha value is -2.41. The van der Waals surface area contributed by atoms with Gasteiger partial charge in [0.1, 0.15) is 0 Å². The fraction of sp³-hybridized carbons (Fsp3) is 0.526. The Morgan fingerprint density at radius 2 is 2.08 bits per heavy atom. The van der Waals surface area contributed by atoms with Crippen LogP contribution < -0.4 is 5.32 Å². The number of aliphatic hydroxyl groups is 1. The first kappa shape index (κ1) is 18.4. The largest absolute Gasteiger partial charge is 0.388 e. The molecule has 0 radical (unpaired) electrons. The van der Waals surface area contributed by atoms with E-state index in [-0.39, 0.29) is 12.6 Å². The number of nitrogens with zero attached hydrogens (tertiary/aromatic N) is 3. The van der Waals surface area contributed by atoms with Gasteiger partial charge < -0.3 is 19.8 Å². The van der Waals surface area contributed by atoms with Crippen molar-refractivity contribution in [1.82, 2.24) is 20.4 Å². The van der Waals surface area contributed by atoms with Gasteiger partial charge in [-0.3, -0.25) is 0 Å². The number of amides is 2. The number of carbonyl (C=O) groups excluding carboxylic acids is 1. The molecule has 0 spiro atoms. The molecule has 7 nitrogen and oxygen atoms in total. The zero-order valence-electron chi connectivity index (χ0n) is 15.1. The summed E-state index contributed by atoms with van der Waals surface area (Å²) in [5.41, 5.74) is 0.854. The summed E-state index contributed by atoms with van der Waals surface area (Å²) in [6, 6.07) is 9.22. The predicted octanol–water partition coefficient (Wildman–Crippen LogP) is 2.99. The minimum absolute atomic E-state index is 0.225. The highest BCUT2D eigenvalue weighted by atomic mass is 16.5. The molecule has 140 valence electrons. The Labute approximate surface area is 153 Å². The van der Waals surface area contributed by atoms with E-state index in [0.717, 1.165) is 18.4 Å². The van der Waals surface area contributed by atoms with Crippen molar-refractivity contribution >= 4 is 6.03 Å². The fourth-order valence-electron chi connectivity index (χ4n) is 3.23. The van der Waals surface area contributed by atoms with Gasteiger partial charge in [0.25, 0.3) is 0 Å². The fourth-order valence-corrected chi connectivity index (χ4v) is 3.23. The quantitative estimate of drug-likeness (QED) is 0.794. The van der Waals surface area contributed by atoms with E-state index in [9.17, 15) is 9.90 Å². The second-order valence-corrected chi connectivity index (χ2v) is 6.83. The lowest BCUT2D eigenvalue weighted by Crippen LogP contribution is -2.38. The summed E-state index contributed by atoms with van der Waals surface area (Å²) in [4.78, 5) is 18.1. The summed E-state index contributed by atoms with van der Waals surface area (Å²) in [7, 11) is 1.70. The van der Waals surface area contributed by atoms with Crippen molar-refractivity contribution in [2.24, 2.45) is 0 Å². The van der Waals surface area contributed by atoms with E-state index in [0.29, 0.717) is 30.6 Å². The maximum absolute atomic E-state index is 12.2. The molecule has 1 aliphatic carbocycles. The van der Waals surface area contributed by atoms with Crippen LogP contribution in [-0.2, 0) is 6.54 Å². The number of urea groups is 1. The summed E-state index contributed by atoms with van der Waals surface area (Å²) in [5.74, 6) is 1.55. The maximum atomic E-state index is 12.2. The molecular weight excluding hydrogens is 332 g/mol. The molecule has 2 amide bonds. The van der Waals surface area contributed by atoms with Gasteiger partial charge in [-0.1, -0.05) is 48.3 Å². The lowest BCUT2D eigenvalue weighted by Gasteiger charge is -2.19. The van der Waals surface area contributed by atoms with Crippen LogP contribution in [0.15, 0.2) is 34.9 Å². The van der Waals surface area contributed by atoms with Gasteiger partial charge in [-0.25, -0.2) is 4.79 Å². The smallest absolute Gasteiger partial charge is 0.317 e. The second-order valence-electron chi connectivity index (χ2n) is 6.83. The number of hydrogen-bond acceptors (Lipinski definition) is 5. The zero-order chi connectivity index (χ0) is 18.4. The van der Waals surface area contributed by atoms with Crippen LogP contribution in [0.3, 0.4) is 0 Å². The molecule has 7 heteroatoms. The zero-order valence-corrected chi connectivity index (χ0v) is 15.1. The highest BCUT2D eigenvalue weighted by molar-refractivity contribution is 5.73. The van der Waals surface area contributed by atoms with E-state index in [4.69, 9.17) is 4.52 Å². The Kier molecular flexibility index (Phi) is 6.22. The van der Waals surface area contributed by atoms with Gasteiger partial charge in [0.15, 0.2) is 5.82 Å². The Bertz CT molecular complexity index is 698. The van der Waals surface area contributed by atoms with E-state index < -0.39 is 6.10 Å². The van der Waals surface area contributed by atoms with Crippen molar-refractivity contribution < 1.29 is 14.4 Å². The lowest BCUT2D eigenvalue weighted by molar-refractivity contribution is 0.150. The van der Waals surface area contributed by atoms with Crippen LogP contribution in [0.2, 0.25) is 0 Å². The normalized spacial score (nSPS) is 15.8. The first-order valence-electron chi connectivity index (χ1n) is 9.18. The number of aliphatic hydroxyl groups excluding tert-OH is 1. The maximum Gasteiger partial charge on any atom is 0.317 e. The first-order valence-corrected chi connectivity index (χ1v) is 9.18. The average molecular weight is 358 g/mol. The van der Waals surface area contributed by atoms with Gasteiger partial charge in [0, 0.05) is 19.5 Å². The molecule has 1 fully saturated rings. The number of rotatable bonds is 7. The van der Waals surface area contributed by atoms with Crippen LogP contribution in [0.25, 0.3) is 0 Å². The highest BCUT2D eigenvalue weighted by Crippen LogP contribution is 2.32. The lowest BCUT2D eigenvalue weighted by atomic mass is 10.1. The third-order valence-electron chi connectivity index (χ3n) is 4.85. The van der Waals surface area contributed by atoms with Gasteiger partial charge in [-0.2, -0.15) is 4.98 Å². The topological polar surface area (TPSA) is 91.5 Å². The summed E-state index contributed by atoms with van der Waals surface area (Å²) in [5, 5.41) is 16.9. The number of carbonyl (C=O) groups is 1. The highest BCUT2D eigenvalue weighted by Gasteiger charge is 2.23. The first-order chi connectivity index (χ1) is 12.6. The molecule has 1 atom stereocenters. The van der Waals surface area contributed by atoms with E-state index in [1.54, 1.807) is 11.9 Å².